The van der Waals surface area contributed by atoms with Crippen LogP contribution in [0.5, 0.6) is 0 Å². The predicted octanol–water partition coefficient (Wildman–Crippen LogP) is 1.50. The molecule has 2 rings (SSSR count). The third-order valence-corrected chi connectivity index (χ3v) is 3.81. The number of nitrogens with two attached hydrogens (primary N) is 1. The van der Waals surface area contributed by atoms with Crippen molar-refractivity contribution < 1.29 is 4.79 Å². The molecule has 0 aliphatic carbocycles. The number of amides is 1. The quantitative estimate of drug-likeness (QED) is 0.896. The number of pyridine rings is 1. The lowest BCUT2D eigenvalue weighted by Gasteiger charge is -2.34. The average molecular weight is 262 g/mol. The number of anilines is 2. The van der Waals surface area contributed by atoms with Gasteiger partial charge < -0.3 is 15.5 Å². The summed E-state index contributed by atoms with van der Waals surface area (Å²) in [6.07, 6.45) is 6.76. The monoisotopic (exact) mass is 262 g/mol. The molecule has 0 aromatic carbocycles. The molecule has 1 amide bonds. The van der Waals surface area contributed by atoms with Crippen molar-refractivity contribution in [2.45, 2.75) is 32.2 Å². The number of nitrogen functional groups attached to an aromatic ring is 1. The van der Waals surface area contributed by atoms with E-state index in [-0.39, 0.29) is 11.9 Å². The number of aromatic nitrogens is 1. The fourth-order valence-electron chi connectivity index (χ4n) is 2.47. The summed E-state index contributed by atoms with van der Waals surface area (Å²) in [5.41, 5.74) is 7.36. The van der Waals surface area contributed by atoms with E-state index in [0.29, 0.717) is 5.69 Å². The molecule has 2 heterocycles. The van der Waals surface area contributed by atoms with Crippen LogP contribution in [0.4, 0.5) is 11.4 Å². The van der Waals surface area contributed by atoms with Crippen molar-refractivity contribution in [1.82, 2.24) is 9.88 Å². The standard InChI is InChI=1S/C14H22N4O/c1-11(14(19)18-8-4-3-5-9-18)17(2)13-6-7-16-10-12(13)15/h6-7,10-11H,3-5,8-9,15H2,1-2H3. The van der Waals surface area contributed by atoms with Crippen molar-refractivity contribution >= 4 is 17.3 Å². The number of hydrogen-bond donors (Lipinski definition) is 1. The molecule has 1 aromatic heterocycles. The number of carbonyl (C=O) groups excluding carboxylic acids is 1. The second-order valence-electron chi connectivity index (χ2n) is 5.11. The maximum atomic E-state index is 12.5. The Hall–Kier alpha value is -1.78. The van der Waals surface area contributed by atoms with Crippen LogP contribution in [-0.2, 0) is 4.79 Å². The molecule has 5 nitrogen and oxygen atoms in total. The normalized spacial score (nSPS) is 17.1. The number of piperidine rings is 1. The van der Waals surface area contributed by atoms with Gasteiger partial charge in [-0.1, -0.05) is 0 Å². The smallest absolute Gasteiger partial charge is 0.244 e. The van der Waals surface area contributed by atoms with E-state index < -0.39 is 0 Å². The molecule has 104 valence electrons. The van der Waals surface area contributed by atoms with Crippen molar-refractivity contribution in [3.63, 3.8) is 0 Å². The second-order valence-corrected chi connectivity index (χ2v) is 5.11. The summed E-state index contributed by atoms with van der Waals surface area (Å²) < 4.78 is 0. The van der Waals surface area contributed by atoms with Gasteiger partial charge in [-0.25, -0.2) is 0 Å². The fourth-order valence-corrected chi connectivity index (χ4v) is 2.47. The van der Waals surface area contributed by atoms with Gasteiger partial charge in [0.15, 0.2) is 0 Å². The topological polar surface area (TPSA) is 62.5 Å². The summed E-state index contributed by atoms with van der Waals surface area (Å²) in [4.78, 5) is 20.3. The van der Waals surface area contributed by atoms with Gasteiger partial charge in [-0.2, -0.15) is 0 Å². The Morgan fingerprint density at radius 3 is 2.74 bits per heavy atom. The largest absolute Gasteiger partial charge is 0.396 e. The zero-order valence-electron chi connectivity index (χ0n) is 11.7. The summed E-state index contributed by atoms with van der Waals surface area (Å²) >= 11 is 0. The van der Waals surface area contributed by atoms with Crippen LogP contribution in [0.2, 0.25) is 0 Å². The number of nitrogens with zero attached hydrogens (tertiary/aromatic N) is 3. The Balaban J connectivity index is 2.08. The fraction of sp³-hybridized carbons (Fsp3) is 0.571. The van der Waals surface area contributed by atoms with Gasteiger partial charge in [-0.3, -0.25) is 9.78 Å². The summed E-state index contributed by atoms with van der Waals surface area (Å²) in [6.45, 7) is 3.68. The molecule has 0 saturated carbocycles. The molecule has 5 heteroatoms. The van der Waals surface area contributed by atoms with Crippen LogP contribution in [0.3, 0.4) is 0 Å². The van der Waals surface area contributed by atoms with Crippen LogP contribution < -0.4 is 10.6 Å². The van der Waals surface area contributed by atoms with E-state index in [0.717, 1.165) is 31.6 Å². The van der Waals surface area contributed by atoms with E-state index in [2.05, 4.69) is 4.98 Å². The highest BCUT2D eigenvalue weighted by molar-refractivity contribution is 5.86. The van der Waals surface area contributed by atoms with Gasteiger partial charge in [0.1, 0.15) is 6.04 Å². The van der Waals surface area contributed by atoms with Crippen LogP contribution in [0.1, 0.15) is 26.2 Å². The zero-order valence-corrected chi connectivity index (χ0v) is 11.7. The molecule has 0 radical (unpaired) electrons. The van der Waals surface area contributed by atoms with Gasteiger partial charge in [-0.05, 0) is 32.3 Å². The first-order valence-electron chi connectivity index (χ1n) is 6.82. The maximum absolute atomic E-state index is 12.5. The highest BCUT2D eigenvalue weighted by atomic mass is 16.2. The second kappa shape index (κ2) is 5.91. The minimum atomic E-state index is -0.206. The molecule has 1 aliphatic rings. The molecule has 0 bridgehead atoms. The molecular formula is C14H22N4O. The zero-order chi connectivity index (χ0) is 13.8. The lowest BCUT2D eigenvalue weighted by molar-refractivity contribution is -0.133. The number of carbonyl (C=O) groups is 1. The maximum Gasteiger partial charge on any atom is 0.244 e. The lowest BCUT2D eigenvalue weighted by atomic mass is 10.1. The summed E-state index contributed by atoms with van der Waals surface area (Å²) in [5.74, 6) is 0.179. The van der Waals surface area contributed by atoms with Crippen molar-refractivity contribution in [2.24, 2.45) is 0 Å². The highest BCUT2D eigenvalue weighted by Gasteiger charge is 2.25. The van der Waals surface area contributed by atoms with E-state index in [1.165, 1.54) is 6.42 Å². The van der Waals surface area contributed by atoms with E-state index >= 15 is 0 Å². The van der Waals surface area contributed by atoms with E-state index in [1.807, 2.05) is 29.8 Å². The minimum absolute atomic E-state index is 0.179. The molecular weight excluding hydrogens is 240 g/mol. The SMILES string of the molecule is CC(C(=O)N1CCCCC1)N(C)c1ccncc1N. The first-order valence-corrected chi connectivity index (χ1v) is 6.82. The van der Waals surface area contributed by atoms with Gasteiger partial charge in [0, 0.05) is 26.3 Å². The molecule has 1 unspecified atom stereocenters. The van der Waals surface area contributed by atoms with Gasteiger partial charge in [-0.15, -0.1) is 0 Å². The molecule has 1 atom stereocenters. The number of hydrogen-bond acceptors (Lipinski definition) is 4. The molecule has 1 aromatic rings. The number of rotatable bonds is 3. The van der Waals surface area contributed by atoms with Crippen molar-refractivity contribution in [3.05, 3.63) is 18.5 Å². The molecule has 0 spiro atoms. The molecule has 1 saturated heterocycles. The molecule has 19 heavy (non-hydrogen) atoms. The first kappa shape index (κ1) is 13.6. The van der Waals surface area contributed by atoms with Gasteiger partial charge in [0.25, 0.3) is 0 Å². The van der Waals surface area contributed by atoms with Crippen LogP contribution in [-0.4, -0.2) is 42.0 Å². The van der Waals surface area contributed by atoms with Crippen molar-refractivity contribution in [1.29, 1.82) is 0 Å². The van der Waals surface area contributed by atoms with Crippen molar-refractivity contribution in [3.8, 4) is 0 Å². The minimum Gasteiger partial charge on any atom is -0.396 e. The molecule has 1 aliphatic heterocycles. The van der Waals surface area contributed by atoms with E-state index in [4.69, 9.17) is 5.73 Å². The molecule has 2 N–H and O–H groups in total. The van der Waals surface area contributed by atoms with Gasteiger partial charge in [0.2, 0.25) is 5.91 Å². The third kappa shape index (κ3) is 2.97. The van der Waals surface area contributed by atoms with Crippen LogP contribution >= 0.6 is 0 Å². The Morgan fingerprint density at radius 1 is 1.42 bits per heavy atom. The van der Waals surface area contributed by atoms with Gasteiger partial charge in [0.05, 0.1) is 17.6 Å². The van der Waals surface area contributed by atoms with Crippen LogP contribution in [0.15, 0.2) is 18.5 Å². The van der Waals surface area contributed by atoms with E-state index in [9.17, 15) is 4.79 Å². The van der Waals surface area contributed by atoms with Crippen LogP contribution in [0, 0.1) is 0 Å². The summed E-state index contributed by atoms with van der Waals surface area (Å²) in [7, 11) is 1.90. The van der Waals surface area contributed by atoms with Crippen molar-refractivity contribution in [2.75, 3.05) is 30.8 Å². The predicted molar refractivity (Wildman–Crippen MR) is 76.9 cm³/mol. The third-order valence-electron chi connectivity index (χ3n) is 3.81. The van der Waals surface area contributed by atoms with Gasteiger partial charge >= 0.3 is 0 Å². The highest BCUT2D eigenvalue weighted by Crippen LogP contribution is 2.23. The Labute approximate surface area is 114 Å². The number of likely N-dealkylation sites (N-methyl/N-ethyl adjacent to an activating group) is 1. The van der Waals surface area contributed by atoms with E-state index in [1.54, 1.807) is 12.4 Å². The number of likely N-dealkylation sites (tertiary alicyclic amines) is 1. The lowest BCUT2D eigenvalue weighted by Crippen LogP contribution is -2.47. The Kier molecular flexibility index (Phi) is 4.24. The first-order chi connectivity index (χ1) is 9.11. The Bertz CT molecular complexity index is 443. The summed E-state index contributed by atoms with van der Waals surface area (Å²) in [6, 6.07) is 1.64. The molecule has 1 fully saturated rings. The summed E-state index contributed by atoms with van der Waals surface area (Å²) in [5, 5.41) is 0. The van der Waals surface area contributed by atoms with Crippen LogP contribution in [0.25, 0.3) is 0 Å². The Morgan fingerprint density at radius 2 is 2.11 bits per heavy atom. The average Bonchev–Trinajstić information content (AvgIpc) is 2.46.